The van der Waals surface area contributed by atoms with E-state index in [1.54, 1.807) is 30.3 Å². The van der Waals surface area contributed by atoms with Gasteiger partial charge in [-0.05, 0) is 47.5 Å². The number of rotatable bonds is 6. The summed E-state index contributed by atoms with van der Waals surface area (Å²) < 4.78 is 37.7. The van der Waals surface area contributed by atoms with Crippen LogP contribution < -0.4 is 10.2 Å². The van der Waals surface area contributed by atoms with E-state index in [1.165, 1.54) is 6.07 Å². The van der Waals surface area contributed by atoms with Gasteiger partial charge in [-0.1, -0.05) is 41.4 Å². The van der Waals surface area contributed by atoms with Crippen LogP contribution in [0.4, 0.5) is 18.9 Å². The molecular formula is C22H18Cl2F3N3O. The molecule has 0 radical (unpaired) electrons. The molecule has 0 saturated heterocycles. The van der Waals surface area contributed by atoms with Crippen molar-refractivity contribution in [2.75, 3.05) is 11.9 Å². The number of nitrogens with zero attached hydrogens (tertiary/aromatic N) is 2. The van der Waals surface area contributed by atoms with Crippen LogP contribution >= 0.6 is 23.2 Å². The van der Waals surface area contributed by atoms with Crippen molar-refractivity contribution < 1.29 is 18.0 Å². The average Bonchev–Trinajstić information content (AvgIpc) is 2.75. The Morgan fingerprint density at radius 3 is 2.39 bits per heavy atom. The van der Waals surface area contributed by atoms with E-state index in [4.69, 9.17) is 23.2 Å². The topological polar surface area (TPSA) is 45.2 Å². The molecule has 3 rings (SSSR count). The lowest BCUT2D eigenvalue weighted by Gasteiger charge is -2.20. The predicted octanol–water partition coefficient (Wildman–Crippen LogP) is 5.97. The molecule has 1 amide bonds. The summed E-state index contributed by atoms with van der Waals surface area (Å²) in [7, 11) is 1.89. The number of alkyl halides is 3. The van der Waals surface area contributed by atoms with Gasteiger partial charge in [-0.15, -0.1) is 0 Å². The van der Waals surface area contributed by atoms with Gasteiger partial charge in [-0.25, -0.2) is 0 Å². The maximum Gasteiger partial charge on any atom is 0.433 e. The number of hydrogen-bond donors (Lipinski definition) is 1. The Kier molecular flexibility index (Phi) is 7.08. The van der Waals surface area contributed by atoms with Crippen LogP contribution in [-0.4, -0.2) is 17.9 Å². The first-order valence-corrected chi connectivity index (χ1v) is 9.95. The molecule has 0 bridgehead atoms. The number of hydrogen-bond acceptors (Lipinski definition) is 3. The van der Waals surface area contributed by atoms with E-state index in [9.17, 15) is 18.0 Å². The molecule has 3 aromatic rings. The molecule has 0 unspecified atom stereocenters. The first-order valence-electron chi connectivity index (χ1n) is 9.19. The van der Waals surface area contributed by atoms with Crippen molar-refractivity contribution in [2.45, 2.75) is 19.3 Å². The standard InChI is InChI=1S/C22H18Cl2F3N3O/c1-30(13-16-3-2-4-18(23)20(16)24)17-8-6-15(7-9-17)21(31)29-12-14-5-10-19(28-11-14)22(25,26)27/h2-11H,12-13H2,1H3,(H,29,31). The van der Waals surface area contributed by atoms with Crippen LogP contribution in [0.5, 0.6) is 0 Å². The highest BCUT2D eigenvalue weighted by atomic mass is 35.5. The van der Waals surface area contributed by atoms with Crippen LogP contribution in [-0.2, 0) is 19.3 Å². The lowest BCUT2D eigenvalue weighted by atomic mass is 10.1. The molecule has 0 spiro atoms. The number of nitrogens with one attached hydrogen (secondary N) is 1. The number of pyridine rings is 1. The molecule has 4 nitrogen and oxygen atoms in total. The number of carbonyl (C=O) groups excluding carboxylic acids is 1. The quantitative estimate of drug-likeness (QED) is 0.485. The van der Waals surface area contributed by atoms with Gasteiger partial charge in [0, 0.05) is 37.6 Å². The van der Waals surface area contributed by atoms with Crippen LogP contribution in [0.3, 0.4) is 0 Å². The second kappa shape index (κ2) is 9.58. The number of anilines is 1. The molecule has 0 aliphatic heterocycles. The monoisotopic (exact) mass is 467 g/mol. The third kappa shape index (κ3) is 5.89. The molecule has 1 N–H and O–H groups in total. The Bertz CT molecular complexity index is 1060. The number of aromatic nitrogens is 1. The maximum absolute atomic E-state index is 12.6. The van der Waals surface area contributed by atoms with Crippen LogP contribution in [0.1, 0.15) is 27.2 Å². The summed E-state index contributed by atoms with van der Waals surface area (Å²) in [5.74, 6) is -0.341. The zero-order valence-corrected chi connectivity index (χ0v) is 17.9. The largest absolute Gasteiger partial charge is 0.433 e. The summed E-state index contributed by atoms with van der Waals surface area (Å²) in [6, 6.07) is 14.6. The van der Waals surface area contributed by atoms with E-state index < -0.39 is 11.9 Å². The molecule has 0 fully saturated rings. The number of carbonyl (C=O) groups is 1. The second-order valence-electron chi connectivity index (χ2n) is 6.85. The molecule has 0 atom stereocenters. The van der Waals surface area contributed by atoms with Gasteiger partial charge >= 0.3 is 6.18 Å². The molecule has 0 saturated carbocycles. The van der Waals surface area contributed by atoms with Crippen LogP contribution in [0, 0.1) is 0 Å². The van der Waals surface area contributed by atoms with Crippen molar-refractivity contribution in [3.63, 3.8) is 0 Å². The minimum atomic E-state index is -4.49. The first kappa shape index (κ1) is 22.9. The fourth-order valence-corrected chi connectivity index (χ4v) is 3.25. The molecule has 31 heavy (non-hydrogen) atoms. The highest BCUT2D eigenvalue weighted by Gasteiger charge is 2.31. The number of halogens is 5. The van der Waals surface area contributed by atoms with E-state index in [2.05, 4.69) is 10.3 Å². The molecule has 1 heterocycles. The highest BCUT2D eigenvalue weighted by Crippen LogP contribution is 2.28. The van der Waals surface area contributed by atoms with Gasteiger partial charge in [0.1, 0.15) is 5.69 Å². The second-order valence-corrected chi connectivity index (χ2v) is 7.63. The third-order valence-electron chi connectivity index (χ3n) is 4.58. The summed E-state index contributed by atoms with van der Waals surface area (Å²) >= 11 is 12.3. The lowest BCUT2D eigenvalue weighted by molar-refractivity contribution is -0.141. The summed E-state index contributed by atoms with van der Waals surface area (Å²) in [5.41, 5.74) is 1.68. The Morgan fingerprint density at radius 2 is 1.77 bits per heavy atom. The zero-order chi connectivity index (χ0) is 22.6. The van der Waals surface area contributed by atoms with Gasteiger partial charge in [-0.3, -0.25) is 9.78 Å². The van der Waals surface area contributed by atoms with Gasteiger partial charge in [0.25, 0.3) is 5.91 Å². The fraction of sp³-hybridized carbons (Fsp3) is 0.182. The molecule has 1 aromatic heterocycles. The smallest absolute Gasteiger partial charge is 0.370 e. The van der Waals surface area contributed by atoms with E-state index in [0.717, 1.165) is 23.5 Å². The Hall–Kier alpha value is -2.77. The first-order chi connectivity index (χ1) is 14.6. The Labute approximate surface area is 187 Å². The van der Waals surface area contributed by atoms with Gasteiger partial charge in [-0.2, -0.15) is 13.2 Å². The lowest BCUT2D eigenvalue weighted by Crippen LogP contribution is -2.23. The fourth-order valence-electron chi connectivity index (χ4n) is 2.87. The normalized spacial score (nSPS) is 11.3. The van der Waals surface area contributed by atoms with Gasteiger partial charge in [0.15, 0.2) is 0 Å². The Morgan fingerprint density at radius 1 is 1.06 bits per heavy atom. The highest BCUT2D eigenvalue weighted by molar-refractivity contribution is 6.42. The van der Waals surface area contributed by atoms with E-state index in [-0.39, 0.29) is 12.5 Å². The van der Waals surface area contributed by atoms with Gasteiger partial charge in [0.05, 0.1) is 10.0 Å². The predicted molar refractivity (Wildman–Crippen MR) is 115 cm³/mol. The minimum Gasteiger partial charge on any atom is -0.370 e. The SMILES string of the molecule is CN(Cc1cccc(Cl)c1Cl)c1ccc(C(=O)NCc2ccc(C(F)(F)F)nc2)cc1. The minimum absolute atomic E-state index is 0.0683. The van der Waals surface area contributed by atoms with Crippen molar-refractivity contribution >= 4 is 34.8 Å². The molecule has 0 aliphatic carbocycles. The Balaban J connectivity index is 1.59. The van der Waals surface area contributed by atoms with Crippen molar-refractivity contribution in [2.24, 2.45) is 0 Å². The third-order valence-corrected chi connectivity index (χ3v) is 5.44. The van der Waals surface area contributed by atoms with E-state index in [0.29, 0.717) is 27.7 Å². The van der Waals surface area contributed by atoms with Crippen LogP contribution in [0.2, 0.25) is 10.0 Å². The molecule has 0 aliphatic rings. The number of benzene rings is 2. The van der Waals surface area contributed by atoms with Crippen LogP contribution in [0.25, 0.3) is 0 Å². The number of amides is 1. The summed E-state index contributed by atoms with van der Waals surface area (Å²) in [5, 5.41) is 3.66. The molecule has 9 heteroatoms. The van der Waals surface area contributed by atoms with Crippen molar-refractivity contribution in [1.82, 2.24) is 10.3 Å². The molecular weight excluding hydrogens is 450 g/mol. The molecule has 2 aromatic carbocycles. The van der Waals surface area contributed by atoms with Gasteiger partial charge < -0.3 is 10.2 Å². The summed E-state index contributed by atoms with van der Waals surface area (Å²) in [6.45, 7) is 0.602. The van der Waals surface area contributed by atoms with E-state index in [1.807, 2.05) is 24.1 Å². The molecule has 162 valence electrons. The average molecular weight is 468 g/mol. The van der Waals surface area contributed by atoms with E-state index >= 15 is 0 Å². The van der Waals surface area contributed by atoms with Crippen LogP contribution in [0.15, 0.2) is 60.8 Å². The van der Waals surface area contributed by atoms with Crippen molar-refractivity contribution in [3.05, 3.63) is 93.2 Å². The zero-order valence-electron chi connectivity index (χ0n) is 16.4. The van der Waals surface area contributed by atoms with Gasteiger partial charge in [0.2, 0.25) is 0 Å². The summed E-state index contributed by atoms with van der Waals surface area (Å²) in [6.07, 6.45) is -3.39. The van der Waals surface area contributed by atoms with Crippen molar-refractivity contribution in [3.8, 4) is 0 Å². The summed E-state index contributed by atoms with van der Waals surface area (Å²) in [4.78, 5) is 17.7. The maximum atomic E-state index is 12.6. The van der Waals surface area contributed by atoms with Crippen molar-refractivity contribution in [1.29, 1.82) is 0 Å².